The van der Waals surface area contributed by atoms with Gasteiger partial charge in [-0.15, -0.1) is 0 Å². The molecule has 1 aliphatic heterocycles. The van der Waals surface area contributed by atoms with Gasteiger partial charge in [-0.3, -0.25) is 10.4 Å². The average molecular weight is 235 g/mol. The van der Waals surface area contributed by atoms with E-state index < -0.39 is 0 Å². The van der Waals surface area contributed by atoms with Crippen molar-refractivity contribution in [1.82, 2.24) is 10.4 Å². The third-order valence-electron chi connectivity index (χ3n) is 2.21. The molecule has 0 aromatic carbocycles. The molecule has 1 aromatic heterocycles. The molecule has 0 amide bonds. The van der Waals surface area contributed by atoms with Crippen molar-refractivity contribution < 1.29 is 4.74 Å². The first-order valence-electron chi connectivity index (χ1n) is 5.18. The van der Waals surface area contributed by atoms with E-state index in [1.54, 1.807) is 13.1 Å². The van der Waals surface area contributed by atoms with E-state index in [0.29, 0.717) is 11.6 Å². The van der Waals surface area contributed by atoms with Crippen molar-refractivity contribution in [2.45, 2.75) is 19.8 Å². The van der Waals surface area contributed by atoms with Crippen LogP contribution in [0.1, 0.15) is 25.5 Å². The number of fused-ring (bicyclic) bond motifs is 1. The van der Waals surface area contributed by atoms with Gasteiger partial charge in [0.15, 0.2) is 0 Å². The summed E-state index contributed by atoms with van der Waals surface area (Å²) in [7, 11) is 0. The van der Waals surface area contributed by atoms with Crippen molar-refractivity contribution in [3.05, 3.63) is 24.0 Å². The maximum Gasteiger partial charge on any atom is 0.146 e. The number of aromatic nitrogens is 1. The molecule has 0 fully saturated rings. The minimum atomic E-state index is 0.648. The Morgan fingerprint density at radius 2 is 2.50 bits per heavy atom. The first-order valence-corrected chi connectivity index (χ1v) is 5.59. The van der Waals surface area contributed by atoms with E-state index in [1.165, 1.54) is 0 Å². The van der Waals surface area contributed by atoms with Gasteiger partial charge in [-0.05, 0) is 31.9 Å². The molecule has 16 heavy (non-hydrogen) atoms. The summed E-state index contributed by atoms with van der Waals surface area (Å²) in [5.41, 5.74) is 4.52. The molecule has 5 heteroatoms. The quantitative estimate of drug-likeness (QED) is 0.596. The summed E-state index contributed by atoms with van der Waals surface area (Å²) < 4.78 is 5.58. The maximum atomic E-state index is 5.58. The number of hydrogen-bond acceptors (Lipinski definition) is 4. The fourth-order valence-electron chi connectivity index (χ4n) is 1.52. The smallest absolute Gasteiger partial charge is 0.146 e. The van der Waals surface area contributed by atoms with Gasteiger partial charge in [-0.25, -0.2) is 0 Å². The second-order valence-corrected chi connectivity index (χ2v) is 4.14. The van der Waals surface area contributed by atoms with E-state index in [-0.39, 0.29) is 0 Å². The van der Waals surface area contributed by atoms with Gasteiger partial charge in [0.25, 0.3) is 0 Å². The number of hydrogen-bond donors (Lipinski definition) is 1. The third kappa shape index (κ3) is 2.55. The van der Waals surface area contributed by atoms with Gasteiger partial charge in [-0.1, -0.05) is 12.2 Å². The van der Waals surface area contributed by atoms with E-state index in [0.717, 1.165) is 30.0 Å². The Balaban J connectivity index is 2.32. The molecule has 4 nitrogen and oxygen atoms in total. The third-order valence-corrected chi connectivity index (χ3v) is 2.30. The number of hydrazone groups is 1. The van der Waals surface area contributed by atoms with Crippen LogP contribution in [0.4, 0.5) is 0 Å². The molecule has 0 radical (unpaired) electrons. The van der Waals surface area contributed by atoms with Crippen molar-refractivity contribution in [1.29, 1.82) is 0 Å². The summed E-state index contributed by atoms with van der Waals surface area (Å²) in [5.74, 6) is 0.794. The van der Waals surface area contributed by atoms with Gasteiger partial charge < -0.3 is 4.74 Å². The van der Waals surface area contributed by atoms with E-state index in [2.05, 4.69) is 15.5 Å². The number of ether oxygens (including phenoxy) is 1. The molecular formula is C11H13N3OS. The molecular weight excluding hydrogens is 222 g/mol. The highest BCUT2D eigenvalue weighted by Gasteiger charge is 2.15. The zero-order chi connectivity index (χ0) is 11.4. The average Bonchev–Trinajstić information content (AvgIpc) is 2.48. The largest absolute Gasteiger partial charge is 0.491 e. The predicted molar refractivity (Wildman–Crippen MR) is 66.9 cm³/mol. The Hall–Kier alpha value is -1.49. The van der Waals surface area contributed by atoms with Crippen molar-refractivity contribution in [3.63, 3.8) is 0 Å². The van der Waals surface area contributed by atoms with Gasteiger partial charge in [0.05, 0.1) is 17.3 Å². The van der Waals surface area contributed by atoms with Crippen LogP contribution < -0.4 is 10.2 Å². The highest BCUT2D eigenvalue weighted by molar-refractivity contribution is 7.80. The lowest BCUT2D eigenvalue weighted by molar-refractivity contribution is 0.317. The second-order valence-electron chi connectivity index (χ2n) is 3.53. The van der Waals surface area contributed by atoms with Crippen LogP contribution in [-0.2, 0) is 0 Å². The number of rotatable bonds is 1. The van der Waals surface area contributed by atoms with Crippen molar-refractivity contribution in [2.75, 3.05) is 6.61 Å². The molecule has 1 aliphatic rings. The lowest BCUT2D eigenvalue weighted by Gasteiger charge is -2.06. The molecule has 0 aliphatic carbocycles. The van der Waals surface area contributed by atoms with Crippen LogP contribution in [0, 0.1) is 0 Å². The van der Waals surface area contributed by atoms with E-state index in [9.17, 15) is 0 Å². The maximum absolute atomic E-state index is 5.58. The van der Waals surface area contributed by atoms with Gasteiger partial charge >= 0.3 is 0 Å². The Morgan fingerprint density at radius 1 is 1.62 bits per heavy atom. The van der Waals surface area contributed by atoms with Crippen LogP contribution in [0.3, 0.4) is 0 Å². The highest BCUT2D eigenvalue weighted by atomic mass is 32.1. The summed E-state index contributed by atoms with van der Waals surface area (Å²) in [6, 6.07) is 3.77. The van der Waals surface area contributed by atoms with Gasteiger partial charge in [-0.2, -0.15) is 5.10 Å². The summed E-state index contributed by atoms with van der Waals surface area (Å²) in [6.45, 7) is 2.50. The van der Waals surface area contributed by atoms with Crippen LogP contribution in [0.25, 0.3) is 0 Å². The SMILES string of the molecule is CC(=S)N/N=C1/CCCOc2cccnc21. The van der Waals surface area contributed by atoms with Gasteiger partial charge in [0, 0.05) is 6.20 Å². The molecule has 0 atom stereocenters. The number of thiocarbonyl (C=S) groups is 1. The molecule has 0 saturated carbocycles. The Labute approximate surface area is 99.7 Å². The number of nitrogens with one attached hydrogen (secondary N) is 1. The Kier molecular flexibility index (Phi) is 3.46. The summed E-state index contributed by atoms with van der Waals surface area (Å²) in [5, 5.41) is 4.27. The Bertz CT molecular complexity index is 431. The molecule has 0 unspecified atom stereocenters. The normalized spacial score (nSPS) is 17.2. The lowest BCUT2D eigenvalue weighted by atomic mass is 10.1. The topological polar surface area (TPSA) is 46.5 Å². The monoisotopic (exact) mass is 235 g/mol. The molecule has 84 valence electrons. The molecule has 0 bridgehead atoms. The van der Waals surface area contributed by atoms with Crippen molar-refractivity contribution in [2.24, 2.45) is 5.10 Å². The first kappa shape index (κ1) is 11.0. The van der Waals surface area contributed by atoms with Crippen molar-refractivity contribution in [3.8, 4) is 5.75 Å². The molecule has 2 rings (SSSR count). The second kappa shape index (κ2) is 5.03. The van der Waals surface area contributed by atoms with Crippen LogP contribution in [0.2, 0.25) is 0 Å². The van der Waals surface area contributed by atoms with Crippen LogP contribution in [-0.4, -0.2) is 22.3 Å². The predicted octanol–water partition coefficient (Wildman–Crippen LogP) is 1.90. The highest BCUT2D eigenvalue weighted by Crippen LogP contribution is 2.21. The summed E-state index contributed by atoms with van der Waals surface area (Å²) in [6.07, 6.45) is 3.53. The van der Waals surface area contributed by atoms with E-state index >= 15 is 0 Å². The summed E-state index contributed by atoms with van der Waals surface area (Å²) >= 11 is 4.93. The van der Waals surface area contributed by atoms with Gasteiger partial charge in [0.2, 0.25) is 0 Å². The first-order chi connectivity index (χ1) is 7.77. The fraction of sp³-hybridized carbons (Fsp3) is 0.364. The minimum absolute atomic E-state index is 0.648. The van der Waals surface area contributed by atoms with Crippen LogP contribution >= 0.6 is 12.2 Å². The Morgan fingerprint density at radius 3 is 3.31 bits per heavy atom. The number of nitrogens with zero attached hydrogens (tertiary/aromatic N) is 2. The van der Waals surface area contributed by atoms with Crippen molar-refractivity contribution >= 4 is 22.9 Å². The van der Waals surface area contributed by atoms with E-state index in [4.69, 9.17) is 17.0 Å². The molecule has 1 aromatic rings. The molecule has 2 heterocycles. The summed E-state index contributed by atoms with van der Waals surface area (Å²) in [4.78, 5) is 4.95. The number of pyridine rings is 1. The molecule has 0 spiro atoms. The van der Waals surface area contributed by atoms with Gasteiger partial charge in [0.1, 0.15) is 11.4 Å². The minimum Gasteiger partial charge on any atom is -0.491 e. The molecule has 1 N–H and O–H groups in total. The van der Waals surface area contributed by atoms with E-state index in [1.807, 2.05) is 12.1 Å². The molecule has 0 saturated heterocycles. The zero-order valence-electron chi connectivity index (χ0n) is 9.06. The standard InChI is InChI=1S/C11H13N3OS/c1-8(16)13-14-9-4-3-7-15-10-5-2-6-12-11(9)10/h2,5-6H,3-4,7H2,1H3,(H,13,16)/b14-9-. The lowest BCUT2D eigenvalue weighted by Crippen LogP contribution is -2.15. The van der Waals surface area contributed by atoms with Crippen LogP contribution in [0.15, 0.2) is 23.4 Å². The fourth-order valence-corrected chi connectivity index (χ4v) is 1.56. The zero-order valence-corrected chi connectivity index (χ0v) is 9.88. The van der Waals surface area contributed by atoms with Crippen LogP contribution in [0.5, 0.6) is 5.75 Å².